The van der Waals surface area contributed by atoms with E-state index in [4.69, 9.17) is 0 Å². The highest BCUT2D eigenvalue weighted by atomic mass is 32.2. The van der Waals surface area contributed by atoms with E-state index in [1.165, 1.54) is 25.7 Å². The van der Waals surface area contributed by atoms with Crippen molar-refractivity contribution in [1.82, 2.24) is 0 Å². The lowest BCUT2D eigenvalue weighted by Crippen LogP contribution is -2.17. The molecule has 1 saturated heterocycles. The topological polar surface area (TPSA) is 20.2 Å². The van der Waals surface area contributed by atoms with Crippen LogP contribution in [0.5, 0.6) is 0 Å². The fourth-order valence-corrected chi connectivity index (χ4v) is 3.02. The lowest BCUT2D eigenvalue weighted by molar-refractivity contribution is 0.160. The van der Waals surface area contributed by atoms with Gasteiger partial charge in [-0.15, -0.1) is 0 Å². The summed E-state index contributed by atoms with van der Waals surface area (Å²) in [5, 5.41) is 11.0. The van der Waals surface area contributed by atoms with Crippen LogP contribution >= 0.6 is 11.8 Å². The summed E-state index contributed by atoms with van der Waals surface area (Å²) in [6, 6.07) is 0. The summed E-state index contributed by atoms with van der Waals surface area (Å²) in [7, 11) is 0. The fourth-order valence-electron chi connectivity index (χ4n) is 1.77. The van der Waals surface area contributed by atoms with Crippen LogP contribution in [0.15, 0.2) is 0 Å². The molecule has 0 aromatic heterocycles. The van der Waals surface area contributed by atoms with Crippen LogP contribution in [0.2, 0.25) is 0 Å². The number of aliphatic hydroxyl groups is 1. The van der Waals surface area contributed by atoms with Gasteiger partial charge in [-0.25, -0.2) is 0 Å². The van der Waals surface area contributed by atoms with Crippen LogP contribution in [0, 0.1) is 0 Å². The lowest BCUT2D eigenvalue weighted by Gasteiger charge is -2.11. The Bertz CT molecular complexity index is 126. The quantitative estimate of drug-likeness (QED) is 0.542. The maximum Gasteiger partial charge on any atom is 0.0669 e. The molecule has 0 aromatic carbocycles. The van der Waals surface area contributed by atoms with Gasteiger partial charge in [-0.05, 0) is 12.8 Å². The number of rotatable bonds is 0. The van der Waals surface area contributed by atoms with E-state index in [1.54, 1.807) is 0 Å². The molecule has 2 rings (SSSR count). The third kappa shape index (κ3) is 1.32. The van der Waals surface area contributed by atoms with Gasteiger partial charge in [0, 0.05) is 10.5 Å². The average Bonchev–Trinajstić information content (AvgIpc) is 2.62. The summed E-state index contributed by atoms with van der Waals surface area (Å²) in [5.41, 5.74) is 0. The normalized spacial score (nSPS) is 47.1. The standard InChI is InChI=1S/C8H14OS/c9-6-4-2-1-3-5-7-8(6)10-7/h6-9H,1-5H2/t6?,7-,8+/m1/s1. The lowest BCUT2D eigenvalue weighted by atomic mass is 9.99. The molecule has 2 fully saturated rings. The van der Waals surface area contributed by atoms with E-state index in [0.717, 1.165) is 11.7 Å². The van der Waals surface area contributed by atoms with E-state index in [9.17, 15) is 5.11 Å². The molecular formula is C8H14OS. The maximum atomic E-state index is 9.50. The Morgan fingerprint density at radius 2 is 1.90 bits per heavy atom. The van der Waals surface area contributed by atoms with E-state index in [-0.39, 0.29) is 6.10 Å². The smallest absolute Gasteiger partial charge is 0.0669 e. The summed E-state index contributed by atoms with van der Waals surface area (Å²) in [6.45, 7) is 0. The number of hydrogen-bond donors (Lipinski definition) is 1. The minimum absolute atomic E-state index is 0.0234. The Kier molecular flexibility index (Phi) is 1.92. The van der Waals surface area contributed by atoms with Crippen LogP contribution in [-0.4, -0.2) is 21.7 Å². The van der Waals surface area contributed by atoms with Crippen molar-refractivity contribution in [3.8, 4) is 0 Å². The van der Waals surface area contributed by atoms with Crippen molar-refractivity contribution in [2.24, 2.45) is 0 Å². The summed E-state index contributed by atoms with van der Waals surface area (Å²) >= 11 is 1.98. The molecule has 1 unspecified atom stereocenters. The monoisotopic (exact) mass is 158 g/mol. The molecule has 1 nitrogen and oxygen atoms in total. The molecule has 3 atom stereocenters. The zero-order valence-electron chi connectivity index (χ0n) is 6.12. The predicted molar refractivity (Wildman–Crippen MR) is 44.3 cm³/mol. The second-order valence-electron chi connectivity index (χ2n) is 3.34. The second kappa shape index (κ2) is 2.74. The van der Waals surface area contributed by atoms with Gasteiger partial charge >= 0.3 is 0 Å². The van der Waals surface area contributed by atoms with Crippen LogP contribution in [0.3, 0.4) is 0 Å². The van der Waals surface area contributed by atoms with Crippen molar-refractivity contribution in [1.29, 1.82) is 0 Å². The zero-order chi connectivity index (χ0) is 6.97. The first-order valence-electron chi connectivity index (χ1n) is 4.21. The van der Waals surface area contributed by atoms with Crippen molar-refractivity contribution < 1.29 is 5.11 Å². The molecule has 0 spiro atoms. The van der Waals surface area contributed by atoms with Gasteiger partial charge in [0.1, 0.15) is 0 Å². The fraction of sp³-hybridized carbons (Fsp3) is 1.00. The van der Waals surface area contributed by atoms with Gasteiger partial charge in [0.05, 0.1) is 6.10 Å². The summed E-state index contributed by atoms with van der Waals surface area (Å²) in [6.07, 6.45) is 6.39. The van der Waals surface area contributed by atoms with Crippen molar-refractivity contribution in [2.75, 3.05) is 0 Å². The number of hydrogen-bond acceptors (Lipinski definition) is 2. The number of thioether (sulfide) groups is 1. The molecule has 0 bridgehead atoms. The third-order valence-electron chi connectivity index (χ3n) is 2.49. The minimum atomic E-state index is 0.0234. The van der Waals surface area contributed by atoms with Crippen molar-refractivity contribution in [3.63, 3.8) is 0 Å². The molecule has 1 aliphatic carbocycles. The minimum Gasteiger partial charge on any atom is -0.392 e. The molecule has 1 heterocycles. The Morgan fingerprint density at radius 3 is 2.80 bits per heavy atom. The van der Waals surface area contributed by atoms with E-state index < -0.39 is 0 Å². The van der Waals surface area contributed by atoms with Crippen LogP contribution in [0.4, 0.5) is 0 Å². The molecule has 58 valence electrons. The predicted octanol–water partition coefficient (Wildman–Crippen LogP) is 1.80. The van der Waals surface area contributed by atoms with Gasteiger partial charge in [-0.1, -0.05) is 19.3 Å². The van der Waals surface area contributed by atoms with Crippen LogP contribution in [-0.2, 0) is 0 Å². The highest BCUT2D eigenvalue weighted by molar-refractivity contribution is 8.07. The molecule has 1 N–H and O–H groups in total. The molecule has 0 radical (unpaired) electrons. The Morgan fingerprint density at radius 1 is 1.10 bits per heavy atom. The van der Waals surface area contributed by atoms with Gasteiger partial charge < -0.3 is 5.11 Å². The first kappa shape index (κ1) is 6.99. The Hall–Kier alpha value is 0.310. The van der Waals surface area contributed by atoms with Gasteiger partial charge in [0.15, 0.2) is 0 Å². The van der Waals surface area contributed by atoms with Crippen LogP contribution in [0.25, 0.3) is 0 Å². The Balaban J connectivity index is 1.88. The van der Waals surface area contributed by atoms with Gasteiger partial charge in [-0.2, -0.15) is 11.8 Å². The van der Waals surface area contributed by atoms with Gasteiger partial charge in [0.25, 0.3) is 0 Å². The van der Waals surface area contributed by atoms with Crippen molar-refractivity contribution >= 4 is 11.8 Å². The molecule has 0 aromatic rings. The van der Waals surface area contributed by atoms with E-state index in [1.807, 2.05) is 11.8 Å². The molecule has 1 saturated carbocycles. The molecule has 2 aliphatic rings. The first-order valence-corrected chi connectivity index (χ1v) is 5.16. The zero-order valence-corrected chi connectivity index (χ0v) is 6.94. The van der Waals surface area contributed by atoms with Crippen LogP contribution in [0.1, 0.15) is 32.1 Å². The van der Waals surface area contributed by atoms with E-state index >= 15 is 0 Å². The first-order chi connectivity index (χ1) is 4.88. The van der Waals surface area contributed by atoms with Crippen molar-refractivity contribution in [3.05, 3.63) is 0 Å². The maximum absolute atomic E-state index is 9.50. The largest absolute Gasteiger partial charge is 0.392 e. The average molecular weight is 158 g/mol. The molecule has 2 heteroatoms. The number of fused-ring (bicyclic) bond motifs is 1. The summed E-state index contributed by atoms with van der Waals surface area (Å²) in [4.78, 5) is 0. The van der Waals surface area contributed by atoms with Gasteiger partial charge in [0.2, 0.25) is 0 Å². The summed E-state index contributed by atoms with van der Waals surface area (Å²) in [5.74, 6) is 0. The molecular weight excluding hydrogens is 144 g/mol. The van der Waals surface area contributed by atoms with Crippen LogP contribution < -0.4 is 0 Å². The van der Waals surface area contributed by atoms with E-state index in [0.29, 0.717) is 5.25 Å². The highest BCUT2D eigenvalue weighted by Gasteiger charge is 2.43. The third-order valence-corrected chi connectivity index (χ3v) is 4.01. The van der Waals surface area contributed by atoms with E-state index in [2.05, 4.69) is 0 Å². The molecule has 10 heavy (non-hydrogen) atoms. The van der Waals surface area contributed by atoms with Crippen molar-refractivity contribution in [2.45, 2.75) is 48.7 Å². The second-order valence-corrected chi connectivity index (χ2v) is 4.77. The molecule has 1 aliphatic heterocycles. The summed E-state index contributed by atoms with van der Waals surface area (Å²) < 4.78 is 0. The Labute approximate surface area is 66.2 Å². The highest BCUT2D eigenvalue weighted by Crippen LogP contribution is 2.48. The van der Waals surface area contributed by atoms with Gasteiger partial charge in [-0.3, -0.25) is 0 Å². The number of aliphatic hydroxyl groups excluding tert-OH is 1. The molecule has 0 amide bonds. The SMILES string of the molecule is OC1CCCCC[C@H]2S[C@@H]12.